The van der Waals surface area contributed by atoms with Gasteiger partial charge in [0.05, 0.1) is 0 Å². The van der Waals surface area contributed by atoms with E-state index in [4.69, 9.17) is 19.3 Å². The van der Waals surface area contributed by atoms with Crippen LogP contribution in [0, 0.1) is 0 Å². The van der Waals surface area contributed by atoms with Gasteiger partial charge >= 0.3 is 5.97 Å². The molecule has 0 heterocycles. The van der Waals surface area contributed by atoms with Crippen molar-refractivity contribution in [1.82, 2.24) is 0 Å². The van der Waals surface area contributed by atoms with E-state index in [2.05, 4.69) is 0 Å². The van der Waals surface area contributed by atoms with Gasteiger partial charge in [-0.15, -0.1) is 0 Å². The second kappa shape index (κ2) is 5.20. The van der Waals surface area contributed by atoms with Gasteiger partial charge < -0.3 is 16.6 Å². The Balaban J connectivity index is 3.75. The third-order valence-corrected chi connectivity index (χ3v) is 1.09. The first-order chi connectivity index (χ1) is 5.39. The van der Waals surface area contributed by atoms with Crippen LogP contribution in [0.3, 0.4) is 0 Å². The molecule has 0 saturated heterocycles. The van der Waals surface area contributed by atoms with E-state index < -0.39 is 18.4 Å². The number of hydrogen-bond donors (Lipinski definition) is 3. The maximum absolute atomic E-state index is 10.2. The summed E-state index contributed by atoms with van der Waals surface area (Å²) in [4.78, 5) is 10.2. The lowest BCUT2D eigenvalue weighted by molar-refractivity contribution is -0.138. The molecule has 1 atom stereocenters. The van der Waals surface area contributed by atoms with Gasteiger partial charge in [-0.1, -0.05) is 6.42 Å². The Morgan fingerprint density at radius 2 is 2.40 bits per heavy atom. The van der Waals surface area contributed by atoms with E-state index in [9.17, 15) is 4.79 Å². The Morgan fingerprint density at radius 3 is 2.80 bits per heavy atom. The second-order valence-electron chi connectivity index (χ2n) is 1.94. The molecule has 4 heteroatoms. The fraction of sp³-hybridized carbons (Fsp3) is 0.833. The molecule has 0 rings (SSSR count). The summed E-state index contributed by atoms with van der Waals surface area (Å²) < 4.78 is 14.4. The average Bonchev–Trinajstić information content (AvgIpc) is 2.00. The molecule has 0 aromatic rings. The highest BCUT2D eigenvalue weighted by Crippen LogP contribution is 1.96. The normalized spacial score (nSPS) is 17.4. The molecule has 0 fully saturated rings. The van der Waals surface area contributed by atoms with E-state index in [1.54, 1.807) is 0 Å². The van der Waals surface area contributed by atoms with Crippen LogP contribution in [-0.4, -0.2) is 23.7 Å². The lowest BCUT2D eigenvalue weighted by atomic mass is 10.1. The van der Waals surface area contributed by atoms with Crippen molar-refractivity contribution in [2.24, 2.45) is 11.5 Å². The largest absolute Gasteiger partial charge is 0.480 e. The summed E-state index contributed by atoms with van der Waals surface area (Å²) in [6, 6.07) is -0.994. The third-order valence-electron chi connectivity index (χ3n) is 1.09. The molecule has 0 aromatic heterocycles. The molecule has 0 aromatic carbocycles. The summed E-state index contributed by atoms with van der Waals surface area (Å²) in [5.74, 6) is -1.11. The van der Waals surface area contributed by atoms with Crippen molar-refractivity contribution in [3.63, 3.8) is 0 Å². The molecule has 10 heavy (non-hydrogen) atoms. The minimum Gasteiger partial charge on any atom is -0.480 e. The van der Waals surface area contributed by atoms with Crippen LogP contribution < -0.4 is 11.5 Å². The Kier molecular flexibility index (Phi) is 3.18. The minimum atomic E-state index is -1.51. The molecule has 0 radical (unpaired) electrons. The van der Waals surface area contributed by atoms with E-state index in [0.717, 1.165) is 0 Å². The molecular formula is C6H14N2O2. The van der Waals surface area contributed by atoms with Crippen molar-refractivity contribution in [3.05, 3.63) is 0 Å². The van der Waals surface area contributed by atoms with Crippen molar-refractivity contribution < 1.29 is 12.6 Å². The molecule has 0 unspecified atom stereocenters. The van der Waals surface area contributed by atoms with Crippen LogP contribution in [0.4, 0.5) is 0 Å². The number of carboxylic acid groups (broad SMARTS) is 1. The monoisotopic (exact) mass is 148 g/mol. The fourth-order valence-electron chi connectivity index (χ4n) is 0.483. The zero-order chi connectivity index (χ0) is 9.78. The quantitative estimate of drug-likeness (QED) is 0.491. The topological polar surface area (TPSA) is 89.3 Å². The van der Waals surface area contributed by atoms with Gasteiger partial charge in [0.2, 0.25) is 0 Å². The number of carbonyl (C=O) groups is 1. The van der Waals surface area contributed by atoms with Gasteiger partial charge in [-0.2, -0.15) is 0 Å². The fourth-order valence-corrected chi connectivity index (χ4v) is 0.483. The zero-order valence-electron chi connectivity index (χ0n) is 7.71. The highest BCUT2D eigenvalue weighted by atomic mass is 16.4. The lowest BCUT2D eigenvalue weighted by Gasteiger charge is -2.03. The molecule has 0 aliphatic rings. The van der Waals surface area contributed by atoms with Gasteiger partial charge in [-0.05, 0) is 19.3 Å². The molecule has 0 aliphatic carbocycles. The van der Waals surface area contributed by atoms with Crippen molar-refractivity contribution >= 4 is 5.97 Å². The molecule has 0 amide bonds. The third kappa shape index (κ3) is 4.29. The minimum absolute atomic E-state index is 0.0803. The van der Waals surface area contributed by atoms with Gasteiger partial charge in [-0.25, -0.2) is 0 Å². The number of carboxylic acids is 1. The van der Waals surface area contributed by atoms with Crippen LogP contribution in [0.25, 0.3) is 0 Å². The Morgan fingerprint density at radius 1 is 1.80 bits per heavy atom. The summed E-state index contributed by atoms with van der Waals surface area (Å²) in [7, 11) is 0. The first kappa shape index (κ1) is 6.12. The molecule has 0 aliphatic heterocycles. The highest BCUT2D eigenvalue weighted by Gasteiger charge is 2.09. The van der Waals surface area contributed by atoms with Crippen molar-refractivity contribution in [2.75, 3.05) is 6.54 Å². The Bertz CT molecular complexity index is 164. The predicted octanol–water partition coefficient (Wildman–Crippen LogP) is -0.473. The average molecular weight is 148 g/mol. The molecule has 60 valence electrons. The van der Waals surface area contributed by atoms with Crippen molar-refractivity contribution in [2.45, 2.75) is 25.3 Å². The maximum Gasteiger partial charge on any atom is 0.320 e. The van der Waals surface area contributed by atoms with Crippen molar-refractivity contribution in [3.8, 4) is 0 Å². The summed E-state index contributed by atoms with van der Waals surface area (Å²) >= 11 is 0. The standard InChI is InChI=1S/C6H14N2O2/c7-4-2-1-3-5(8)6(9)10/h5H,1-4,7-8H2,(H,9,10)/t5-/m0/s1/i2D2. The highest BCUT2D eigenvalue weighted by molar-refractivity contribution is 5.72. The summed E-state index contributed by atoms with van der Waals surface area (Å²) in [5.41, 5.74) is 10.3. The first-order valence-corrected chi connectivity index (χ1v) is 3.07. The first-order valence-electron chi connectivity index (χ1n) is 4.07. The number of hydrogen-bond acceptors (Lipinski definition) is 3. The van der Waals surface area contributed by atoms with E-state index in [1.165, 1.54) is 0 Å². The Hall–Kier alpha value is -0.610. The van der Waals surface area contributed by atoms with Gasteiger partial charge in [0.15, 0.2) is 0 Å². The van der Waals surface area contributed by atoms with Crippen LogP contribution in [-0.2, 0) is 4.79 Å². The molecule has 0 spiro atoms. The molecule has 5 N–H and O–H groups in total. The lowest BCUT2D eigenvalue weighted by Crippen LogP contribution is -2.29. The number of aliphatic carboxylic acids is 1. The molecule has 0 saturated carbocycles. The van der Waals surface area contributed by atoms with Gasteiger partial charge in [0.1, 0.15) is 6.04 Å². The zero-order valence-corrected chi connectivity index (χ0v) is 5.71. The van der Waals surface area contributed by atoms with Crippen LogP contribution in [0.1, 0.15) is 22.0 Å². The van der Waals surface area contributed by atoms with E-state index in [0.29, 0.717) is 0 Å². The Labute approximate surface area is 63.0 Å². The summed E-state index contributed by atoms with van der Waals surface area (Å²) in [5, 5.41) is 8.37. The van der Waals surface area contributed by atoms with Gasteiger partial charge in [0.25, 0.3) is 0 Å². The molecule has 4 nitrogen and oxygen atoms in total. The van der Waals surface area contributed by atoms with Crippen molar-refractivity contribution in [1.29, 1.82) is 0 Å². The van der Waals surface area contributed by atoms with Crippen LogP contribution in [0.2, 0.25) is 0 Å². The van der Waals surface area contributed by atoms with Crippen LogP contribution in [0.15, 0.2) is 0 Å². The van der Waals surface area contributed by atoms with E-state index >= 15 is 0 Å². The number of nitrogens with two attached hydrogens (primary N) is 2. The predicted molar refractivity (Wildman–Crippen MR) is 38.5 cm³/mol. The van der Waals surface area contributed by atoms with Gasteiger partial charge in [-0.3, -0.25) is 4.79 Å². The van der Waals surface area contributed by atoms with Crippen LogP contribution in [0.5, 0.6) is 0 Å². The van der Waals surface area contributed by atoms with E-state index in [-0.39, 0.29) is 19.4 Å². The summed E-state index contributed by atoms with van der Waals surface area (Å²) in [6.07, 6.45) is -1.32. The van der Waals surface area contributed by atoms with Gasteiger partial charge in [0, 0.05) is 2.74 Å². The molecule has 0 bridgehead atoms. The number of rotatable bonds is 5. The SMILES string of the molecule is [2H]C([2H])(CN)CC[C@H](N)C(=O)O. The maximum atomic E-state index is 10.2. The smallest absolute Gasteiger partial charge is 0.320 e. The second-order valence-corrected chi connectivity index (χ2v) is 1.94. The van der Waals surface area contributed by atoms with E-state index in [1.807, 2.05) is 0 Å². The van der Waals surface area contributed by atoms with Crippen LogP contribution >= 0.6 is 0 Å². The molecular weight excluding hydrogens is 132 g/mol. The summed E-state index contributed by atoms with van der Waals surface area (Å²) in [6.45, 7) is -0.112.